The molecule has 0 radical (unpaired) electrons. The van der Waals surface area contributed by atoms with Crippen LogP contribution in [0.25, 0.3) is 0 Å². The highest BCUT2D eigenvalue weighted by Gasteiger charge is 2.36. The monoisotopic (exact) mass is 150 g/mol. The van der Waals surface area contributed by atoms with Gasteiger partial charge in [0.1, 0.15) is 18.3 Å². The maximum Gasteiger partial charge on any atom is 0.183 e. The summed E-state index contributed by atoms with van der Waals surface area (Å²) in [6, 6.07) is 0. The Hall–Kier alpha value is -0.200. The van der Waals surface area contributed by atoms with Crippen LogP contribution in [-0.2, 0) is 4.74 Å². The van der Waals surface area contributed by atoms with Gasteiger partial charge in [0.05, 0.1) is 6.61 Å². The first kappa shape index (κ1) is 7.90. The van der Waals surface area contributed by atoms with E-state index in [4.69, 9.17) is 20.4 Å². The zero-order chi connectivity index (χ0) is 7.72. The van der Waals surface area contributed by atoms with Gasteiger partial charge in [-0.2, -0.15) is 0 Å². The summed E-state index contributed by atoms with van der Waals surface area (Å²) in [5.41, 5.74) is 0. The fraction of sp³-hybridized carbons (Fsp3) is 1.00. The average Bonchev–Trinajstić information content (AvgIpc) is 1.93. The maximum absolute atomic E-state index is 8.88. The van der Waals surface area contributed by atoms with Gasteiger partial charge in [-0.1, -0.05) is 0 Å². The third-order valence-electron chi connectivity index (χ3n) is 1.47. The standard InChI is InChI=1S/C5H10O5/c6-2-1-10-5(9)4(8)3(2)7/h2-9H,1H2/t2-,3-,4?,5+/m0/s1. The molecule has 5 heteroatoms. The predicted octanol–water partition coefficient (Wildman–Crippen LogP) is -2.58. The van der Waals surface area contributed by atoms with Crippen LogP contribution in [-0.4, -0.2) is 51.6 Å². The first-order valence-electron chi connectivity index (χ1n) is 2.97. The summed E-state index contributed by atoms with van der Waals surface area (Å²) < 4.78 is 4.47. The largest absolute Gasteiger partial charge is 0.388 e. The van der Waals surface area contributed by atoms with E-state index in [1.165, 1.54) is 0 Å². The van der Waals surface area contributed by atoms with Gasteiger partial charge in [-0.25, -0.2) is 0 Å². The summed E-state index contributed by atoms with van der Waals surface area (Å²) in [5.74, 6) is 0. The normalized spacial score (nSPS) is 49.2. The molecule has 1 unspecified atom stereocenters. The number of aliphatic hydroxyl groups is 4. The highest BCUT2D eigenvalue weighted by molar-refractivity contribution is 4.81. The lowest BCUT2D eigenvalue weighted by Gasteiger charge is -2.31. The lowest BCUT2D eigenvalue weighted by molar-refractivity contribution is -0.252. The molecule has 0 aromatic rings. The van der Waals surface area contributed by atoms with Gasteiger partial charge < -0.3 is 25.2 Å². The van der Waals surface area contributed by atoms with E-state index in [-0.39, 0.29) is 6.61 Å². The van der Waals surface area contributed by atoms with Crippen LogP contribution in [0.5, 0.6) is 0 Å². The predicted molar refractivity (Wildman–Crippen MR) is 30.0 cm³/mol. The van der Waals surface area contributed by atoms with Crippen molar-refractivity contribution in [2.45, 2.75) is 24.6 Å². The Balaban J connectivity index is 2.52. The Morgan fingerprint density at radius 1 is 1.00 bits per heavy atom. The molecule has 1 heterocycles. The van der Waals surface area contributed by atoms with Crippen LogP contribution < -0.4 is 0 Å². The molecule has 0 aliphatic carbocycles. The van der Waals surface area contributed by atoms with Crippen molar-refractivity contribution in [2.24, 2.45) is 0 Å². The van der Waals surface area contributed by atoms with Crippen molar-refractivity contribution in [1.82, 2.24) is 0 Å². The molecule has 5 nitrogen and oxygen atoms in total. The SMILES string of the molecule is OC1[C@H](O)OC[C@H](O)[C@@H]1O. The van der Waals surface area contributed by atoms with Crippen molar-refractivity contribution < 1.29 is 25.2 Å². The van der Waals surface area contributed by atoms with Gasteiger partial charge in [-0.3, -0.25) is 0 Å². The van der Waals surface area contributed by atoms with Gasteiger partial charge in [0.2, 0.25) is 0 Å². The number of aliphatic hydroxyl groups excluding tert-OH is 4. The van der Waals surface area contributed by atoms with Gasteiger partial charge in [0, 0.05) is 0 Å². The lowest BCUT2D eigenvalue weighted by atomic mass is 10.1. The fourth-order valence-electron chi connectivity index (χ4n) is 0.791. The minimum atomic E-state index is -1.41. The Labute approximate surface area is 57.5 Å². The van der Waals surface area contributed by atoms with Gasteiger partial charge in [-0.05, 0) is 0 Å². The minimum absolute atomic E-state index is 0.153. The van der Waals surface area contributed by atoms with Crippen LogP contribution in [0.15, 0.2) is 0 Å². The van der Waals surface area contributed by atoms with E-state index in [0.29, 0.717) is 0 Å². The molecule has 4 N–H and O–H groups in total. The van der Waals surface area contributed by atoms with Crippen LogP contribution in [0.1, 0.15) is 0 Å². The van der Waals surface area contributed by atoms with Crippen molar-refractivity contribution >= 4 is 0 Å². The van der Waals surface area contributed by atoms with Crippen molar-refractivity contribution in [3.8, 4) is 0 Å². The topological polar surface area (TPSA) is 90.2 Å². The molecule has 60 valence electrons. The Bertz CT molecular complexity index is 103. The molecule has 0 aromatic carbocycles. The quantitative estimate of drug-likeness (QED) is 0.304. The first-order valence-corrected chi connectivity index (χ1v) is 2.97. The van der Waals surface area contributed by atoms with Crippen molar-refractivity contribution in [3.05, 3.63) is 0 Å². The molecular formula is C5H10O5. The van der Waals surface area contributed by atoms with Crippen LogP contribution in [0, 0.1) is 0 Å². The van der Waals surface area contributed by atoms with E-state index in [9.17, 15) is 0 Å². The second kappa shape index (κ2) is 2.81. The lowest BCUT2D eigenvalue weighted by Crippen LogP contribution is -2.52. The molecule has 0 amide bonds. The van der Waals surface area contributed by atoms with Gasteiger partial charge in [0.25, 0.3) is 0 Å². The van der Waals surface area contributed by atoms with Crippen LogP contribution in [0.4, 0.5) is 0 Å². The van der Waals surface area contributed by atoms with E-state index >= 15 is 0 Å². The van der Waals surface area contributed by atoms with E-state index < -0.39 is 24.6 Å². The summed E-state index contributed by atoms with van der Waals surface area (Å²) in [6.07, 6.45) is -5.23. The molecule has 4 atom stereocenters. The van der Waals surface area contributed by atoms with Crippen molar-refractivity contribution in [2.75, 3.05) is 6.61 Å². The molecule has 1 fully saturated rings. The van der Waals surface area contributed by atoms with E-state index in [1.807, 2.05) is 0 Å². The van der Waals surface area contributed by atoms with Crippen LogP contribution >= 0.6 is 0 Å². The first-order chi connectivity index (χ1) is 4.63. The van der Waals surface area contributed by atoms with Gasteiger partial charge in [-0.15, -0.1) is 0 Å². The Morgan fingerprint density at radius 3 is 2.10 bits per heavy atom. The second-order valence-corrected chi connectivity index (χ2v) is 2.27. The smallest absolute Gasteiger partial charge is 0.183 e. The van der Waals surface area contributed by atoms with Crippen LogP contribution in [0.2, 0.25) is 0 Å². The summed E-state index contributed by atoms with van der Waals surface area (Å²) in [7, 11) is 0. The van der Waals surface area contributed by atoms with Crippen molar-refractivity contribution in [3.63, 3.8) is 0 Å². The molecule has 1 saturated heterocycles. The summed E-state index contributed by atoms with van der Waals surface area (Å²) in [6.45, 7) is -0.153. The number of rotatable bonds is 0. The molecule has 1 rings (SSSR count). The Morgan fingerprint density at radius 2 is 1.60 bits per heavy atom. The van der Waals surface area contributed by atoms with E-state index in [1.54, 1.807) is 0 Å². The highest BCUT2D eigenvalue weighted by atomic mass is 16.6. The zero-order valence-electron chi connectivity index (χ0n) is 5.21. The Kier molecular flexibility index (Phi) is 2.22. The molecule has 0 spiro atoms. The van der Waals surface area contributed by atoms with E-state index in [0.717, 1.165) is 0 Å². The molecular weight excluding hydrogens is 140 g/mol. The summed E-state index contributed by atoms with van der Waals surface area (Å²) >= 11 is 0. The number of hydrogen-bond donors (Lipinski definition) is 4. The maximum atomic E-state index is 8.88. The van der Waals surface area contributed by atoms with Crippen molar-refractivity contribution in [1.29, 1.82) is 0 Å². The zero-order valence-corrected chi connectivity index (χ0v) is 5.21. The fourth-order valence-corrected chi connectivity index (χ4v) is 0.791. The molecule has 0 bridgehead atoms. The summed E-state index contributed by atoms with van der Waals surface area (Å²) in [5, 5.41) is 35.3. The van der Waals surface area contributed by atoms with E-state index in [2.05, 4.69) is 4.74 Å². The summed E-state index contributed by atoms with van der Waals surface area (Å²) in [4.78, 5) is 0. The second-order valence-electron chi connectivity index (χ2n) is 2.27. The minimum Gasteiger partial charge on any atom is -0.388 e. The van der Waals surface area contributed by atoms with Gasteiger partial charge >= 0.3 is 0 Å². The molecule has 1 aliphatic heterocycles. The molecule has 1 aliphatic rings. The molecule has 0 aromatic heterocycles. The number of ether oxygens (including phenoxy) is 1. The van der Waals surface area contributed by atoms with Crippen LogP contribution in [0.3, 0.4) is 0 Å². The van der Waals surface area contributed by atoms with Gasteiger partial charge in [0.15, 0.2) is 6.29 Å². The average molecular weight is 150 g/mol. The molecule has 0 saturated carbocycles. The third-order valence-corrected chi connectivity index (χ3v) is 1.47. The highest BCUT2D eigenvalue weighted by Crippen LogP contribution is 2.12. The number of hydrogen-bond acceptors (Lipinski definition) is 5. The third kappa shape index (κ3) is 1.28. The molecule has 10 heavy (non-hydrogen) atoms.